The fourth-order valence-electron chi connectivity index (χ4n) is 4.64. The van der Waals surface area contributed by atoms with Crippen LogP contribution in [0, 0.1) is 0 Å². The minimum absolute atomic E-state index is 0.127. The molecule has 0 bridgehead atoms. The highest BCUT2D eigenvalue weighted by Gasteiger charge is 2.39. The number of nitrogens with zero attached hydrogens (tertiary/aromatic N) is 7. The second-order valence-corrected chi connectivity index (χ2v) is 9.58. The molecule has 2 N–H and O–H groups in total. The Morgan fingerprint density at radius 2 is 1.32 bits per heavy atom. The molecule has 0 amide bonds. The van der Waals surface area contributed by atoms with Crippen molar-refractivity contribution >= 4 is 11.4 Å². The van der Waals surface area contributed by atoms with Gasteiger partial charge in [0.15, 0.2) is 12.3 Å². The number of alkyl halides is 5. The van der Waals surface area contributed by atoms with Crippen LogP contribution in [0.1, 0.15) is 29.8 Å². The molecule has 3 heterocycles. The average molecular weight is 576 g/mol. The quantitative estimate of drug-likeness (QED) is 0.302. The maximum absolute atomic E-state index is 14.7. The summed E-state index contributed by atoms with van der Waals surface area (Å²) < 4.78 is 67.8. The fraction of sp³-hybridized carbons (Fsp3) is 0.333. The molecule has 9 nitrogen and oxygen atoms in total. The molecular formula is C27H26F5N7O2. The number of aromatic nitrogens is 5. The van der Waals surface area contributed by atoms with Crippen LogP contribution in [0.4, 0.5) is 33.3 Å². The molecule has 1 aliphatic heterocycles. The van der Waals surface area contributed by atoms with E-state index in [0.29, 0.717) is 36.4 Å². The summed E-state index contributed by atoms with van der Waals surface area (Å²) in [4.78, 5) is 8.33. The molecular weight excluding hydrogens is 549 g/mol. The first kappa shape index (κ1) is 28.4. The third-order valence-corrected chi connectivity index (χ3v) is 7.00. The lowest BCUT2D eigenvalue weighted by molar-refractivity contribution is -0.206. The van der Waals surface area contributed by atoms with Crippen molar-refractivity contribution in [3.05, 3.63) is 84.4 Å². The SMILES string of the molecule is OC(C(F)c1ccc(-c2ccc(N3CCN(c4ccc(C(O)C(F)(F)F)cc4)CC3)cc2)cn1)C(F)n1cnnn1. The summed E-state index contributed by atoms with van der Waals surface area (Å²) in [6, 6.07) is 16.5. The molecule has 0 spiro atoms. The number of piperazine rings is 1. The second kappa shape index (κ2) is 11.7. The van der Waals surface area contributed by atoms with Crippen molar-refractivity contribution in [1.82, 2.24) is 25.2 Å². The van der Waals surface area contributed by atoms with Crippen LogP contribution < -0.4 is 9.80 Å². The Kier molecular flexibility index (Phi) is 8.13. The van der Waals surface area contributed by atoms with Crippen molar-refractivity contribution in [3.63, 3.8) is 0 Å². The second-order valence-electron chi connectivity index (χ2n) is 9.58. The van der Waals surface area contributed by atoms with Crippen molar-refractivity contribution in [2.45, 2.75) is 30.9 Å². The van der Waals surface area contributed by atoms with Gasteiger partial charge in [0.1, 0.15) is 12.4 Å². The molecule has 216 valence electrons. The van der Waals surface area contributed by atoms with Gasteiger partial charge < -0.3 is 20.0 Å². The molecule has 4 unspecified atom stereocenters. The molecule has 4 aromatic rings. The zero-order valence-electron chi connectivity index (χ0n) is 21.5. The van der Waals surface area contributed by atoms with E-state index in [2.05, 4.69) is 30.3 Å². The Hall–Kier alpha value is -4.17. The molecule has 0 radical (unpaired) electrons. The summed E-state index contributed by atoms with van der Waals surface area (Å²) in [7, 11) is 0. The van der Waals surface area contributed by atoms with Gasteiger partial charge >= 0.3 is 6.18 Å². The standard InChI is InChI=1S/C27H26F5N7O2/c28-23(24(40)26(29)39-16-34-35-36-39)22-10-5-19(15-33-22)17-1-6-20(7-2-17)37-11-13-38(14-12-37)21-8-3-18(4-9-21)25(41)27(30,31)32/h1-10,15-16,23-26,40-41H,11-14H2. The number of aliphatic hydroxyl groups excluding tert-OH is 2. The number of halogens is 5. The zero-order chi connectivity index (χ0) is 29.1. The van der Waals surface area contributed by atoms with Gasteiger partial charge in [-0.15, -0.1) is 5.10 Å². The minimum Gasteiger partial charge on any atom is -0.385 e. The van der Waals surface area contributed by atoms with E-state index < -0.39 is 30.9 Å². The number of pyridine rings is 1. The first-order chi connectivity index (χ1) is 19.6. The third kappa shape index (κ3) is 6.28. The highest BCUT2D eigenvalue weighted by atomic mass is 19.4. The molecule has 1 saturated heterocycles. The van der Waals surface area contributed by atoms with Crippen LogP contribution >= 0.6 is 0 Å². The number of tetrazole rings is 1. The lowest BCUT2D eigenvalue weighted by Crippen LogP contribution is -2.46. The van der Waals surface area contributed by atoms with Crippen molar-refractivity contribution in [2.75, 3.05) is 36.0 Å². The van der Waals surface area contributed by atoms with E-state index >= 15 is 0 Å². The third-order valence-electron chi connectivity index (χ3n) is 7.00. The molecule has 0 saturated carbocycles. The summed E-state index contributed by atoms with van der Waals surface area (Å²) >= 11 is 0. The van der Waals surface area contributed by atoms with E-state index in [-0.39, 0.29) is 11.3 Å². The number of rotatable bonds is 8. The maximum atomic E-state index is 14.7. The Balaban J connectivity index is 1.16. The van der Waals surface area contributed by atoms with Crippen LogP contribution in [-0.4, -0.2) is 73.9 Å². The van der Waals surface area contributed by atoms with E-state index in [1.807, 2.05) is 24.3 Å². The number of aliphatic hydroxyl groups is 2. The van der Waals surface area contributed by atoms with Crippen LogP contribution in [0.15, 0.2) is 73.2 Å². The van der Waals surface area contributed by atoms with E-state index in [4.69, 9.17) is 0 Å². The molecule has 14 heteroatoms. The van der Waals surface area contributed by atoms with Gasteiger partial charge in [-0.3, -0.25) is 4.98 Å². The number of hydrogen-bond acceptors (Lipinski definition) is 8. The lowest BCUT2D eigenvalue weighted by Gasteiger charge is -2.37. The van der Waals surface area contributed by atoms with Crippen LogP contribution in [0.25, 0.3) is 11.1 Å². The summed E-state index contributed by atoms with van der Waals surface area (Å²) in [5.74, 6) is 0. The van der Waals surface area contributed by atoms with Gasteiger partial charge in [-0.1, -0.05) is 30.3 Å². The van der Waals surface area contributed by atoms with Crippen molar-refractivity contribution in [2.24, 2.45) is 0 Å². The van der Waals surface area contributed by atoms with E-state index in [1.165, 1.54) is 24.4 Å². The predicted molar refractivity (Wildman–Crippen MR) is 139 cm³/mol. The number of hydrogen-bond donors (Lipinski definition) is 2. The largest absolute Gasteiger partial charge is 0.418 e. The minimum atomic E-state index is -4.71. The summed E-state index contributed by atoms with van der Waals surface area (Å²) in [6.07, 6.45) is -11.1. The highest BCUT2D eigenvalue weighted by Crippen LogP contribution is 2.34. The molecule has 1 aliphatic rings. The molecule has 2 aromatic carbocycles. The lowest BCUT2D eigenvalue weighted by atomic mass is 10.0. The van der Waals surface area contributed by atoms with Gasteiger partial charge in [0.25, 0.3) is 0 Å². The van der Waals surface area contributed by atoms with Gasteiger partial charge in [-0.2, -0.15) is 17.9 Å². The Morgan fingerprint density at radius 3 is 1.80 bits per heavy atom. The predicted octanol–water partition coefficient (Wildman–Crippen LogP) is 4.20. The maximum Gasteiger partial charge on any atom is 0.418 e. The summed E-state index contributed by atoms with van der Waals surface area (Å²) in [6.45, 7) is 2.72. The molecule has 2 aromatic heterocycles. The molecule has 0 aliphatic carbocycles. The van der Waals surface area contributed by atoms with Crippen LogP contribution in [-0.2, 0) is 0 Å². The van der Waals surface area contributed by atoms with Gasteiger partial charge in [0.2, 0.25) is 6.30 Å². The van der Waals surface area contributed by atoms with E-state index in [9.17, 15) is 32.2 Å². The normalized spacial score (nSPS) is 17.2. The molecule has 1 fully saturated rings. The summed E-state index contributed by atoms with van der Waals surface area (Å²) in [5.41, 5.74) is 3.00. The summed E-state index contributed by atoms with van der Waals surface area (Å²) in [5, 5.41) is 29.3. The monoisotopic (exact) mass is 575 g/mol. The first-order valence-corrected chi connectivity index (χ1v) is 12.7. The van der Waals surface area contributed by atoms with Crippen LogP contribution in [0.2, 0.25) is 0 Å². The number of benzene rings is 2. The number of anilines is 2. The first-order valence-electron chi connectivity index (χ1n) is 12.7. The van der Waals surface area contributed by atoms with E-state index in [0.717, 1.165) is 23.3 Å². The molecule has 5 rings (SSSR count). The Labute approximate surface area is 231 Å². The molecule has 41 heavy (non-hydrogen) atoms. The van der Waals surface area contributed by atoms with Gasteiger partial charge in [-0.25, -0.2) is 8.78 Å². The highest BCUT2D eigenvalue weighted by molar-refractivity contribution is 5.66. The topological polar surface area (TPSA) is 103 Å². The van der Waals surface area contributed by atoms with Gasteiger partial charge in [0.05, 0.1) is 5.69 Å². The van der Waals surface area contributed by atoms with Crippen LogP contribution in [0.3, 0.4) is 0 Å². The van der Waals surface area contributed by atoms with E-state index in [1.54, 1.807) is 18.2 Å². The van der Waals surface area contributed by atoms with Crippen molar-refractivity contribution in [3.8, 4) is 11.1 Å². The van der Waals surface area contributed by atoms with Crippen molar-refractivity contribution in [1.29, 1.82) is 0 Å². The van der Waals surface area contributed by atoms with Crippen molar-refractivity contribution < 1.29 is 32.2 Å². The Morgan fingerprint density at radius 1 is 0.756 bits per heavy atom. The Bertz CT molecular complexity index is 1400. The van der Waals surface area contributed by atoms with Gasteiger partial charge in [0, 0.05) is 49.3 Å². The fourth-order valence-corrected chi connectivity index (χ4v) is 4.64. The van der Waals surface area contributed by atoms with Gasteiger partial charge in [-0.05, 0) is 51.9 Å². The zero-order valence-corrected chi connectivity index (χ0v) is 21.5. The average Bonchev–Trinajstić information content (AvgIpc) is 3.55. The smallest absolute Gasteiger partial charge is 0.385 e. The van der Waals surface area contributed by atoms with Crippen LogP contribution in [0.5, 0.6) is 0 Å². The molecule has 4 atom stereocenters.